The minimum atomic E-state index is -5.92. The molecule has 0 amide bonds. The third-order valence-corrected chi connectivity index (χ3v) is 8.64. The first kappa shape index (κ1) is 34.9. The highest BCUT2D eigenvalue weighted by Gasteiger charge is 2.49. The molecule has 2 N–H and O–H groups in total. The van der Waals surface area contributed by atoms with Crippen LogP contribution in [0, 0.1) is 0 Å². The highest BCUT2D eigenvalue weighted by molar-refractivity contribution is 7.88. The van der Waals surface area contributed by atoms with E-state index in [0.717, 1.165) is 27.7 Å². The van der Waals surface area contributed by atoms with E-state index in [0.29, 0.717) is 27.9 Å². The summed E-state index contributed by atoms with van der Waals surface area (Å²) in [6, 6.07) is 6.81. The molecule has 0 aliphatic heterocycles. The van der Waals surface area contributed by atoms with E-state index in [1.54, 1.807) is 44.2 Å². The number of hydrogen-bond acceptors (Lipinski definition) is 15. The van der Waals surface area contributed by atoms with Crippen LogP contribution in [0.5, 0.6) is 17.2 Å². The Morgan fingerprint density at radius 1 is 0.755 bits per heavy atom. The van der Waals surface area contributed by atoms with Crippen LogP contribution in [-0.2, 0) is 10.1 Å². The first-order chi connectivity index (χ1) is 25.5. The average Bonchev–Trinajstić information content (AvgIpc) is 3.90. The number of fused-ring (bicyclic) bond motifs is 3. The number of pyridine rings is 2. The number of rotatable bonds is 8. The van der Waals surface area contributed by atoms with Crippen LogP contribution in [-0.4, -0.2) is 68.2 Å². The average molecular weight is 768 g/mol. The van der Waals surface area contributed by atoms with Crippen molar-refractivity contribution < 1.29 is 44.1 Å². The molecule has 16 nitrogen and oxygen atoms in total. The van der Waals surface area contributed by atoms with Crippen molar-refractivity contribution in [3.05, 3.63) is 85.1 Å². The number of aromatic amines is 1. The maximum atomic E-state index is 12.7. The van der Waals surface area contributed by atoms with Gasteiger partial charge in [0.15, 0.2) is 45.8 Å². The quantitative estimate of drug-likeness (QED) is 0.117. The number of hydrogen-bond donors (Lipinski definition) is 2. The lowest BCUT2D eigenvalue weighted by Crippen LogP contribution is -2.28. The van der Waals surface area contributed by atoms with Crippen molar-refractivity contribution in [3.63, 3.8) is 0 Å². The van der Waals surface area contributed by atoms with E-state index in [-0.39, 0.29) is 22.5 Å². The molecular formula is C32H21ClF3N9O7S. The van der Waals surface area contributed by atoms with Gasteiger partial charge in [-0.1, -0.05) is 11.6 Å². The highest BCUT2D eigenvalue weighted by atomic mass is 35.5. The van der Waals surface area contributed by atoms with E-state index in [1.807, 2.05) is 12.1 Å². The third-order valence-electron chi connectivity index (χ3n) is 7.38. The monoisotopic (exact) mass is 767 g/mol. The molecule has 0 atom stereocenters. The van der Waals surface area contributed by atoms with Crippen molar-refractivity contribution in [1.82, 2.24) is 40.1 Å². The second-order valence-corrected chi connectivity index (χ2v) is 12.5. The molecule has 0 aliphatic carbocycles. The van der Waals surface area contributed by atoms with E-state index < -0.39 is 27.1 Å². The molecule has 1 aromatic carbocycles. The van der Waals surface area contributed by atoms with Gasteiger partial charge >= 0.3 is 15.6 Å². The van der Waals surface area contributed by atoms with Crippen LogP contribution in [0.3, 0.4) is 0 Å². The fraction of sp³-hybridized carbons (Fsp3) is 0.0938. The molecule has 0 unspecified atom stereocenters. The Labute approximate surface area is 300 Å². The van der Waals surface area contributed by atoms with E-state index in [2.05, 4.69) is 49.6 Å². The number of anilines is 2. The van der Waals surface area contributed by atoms with Gasteiger partial charge < -0.3 is 27.8 Å². The molecule has 53 heavy (non-hydrogen) atoms. The van der Waals surface area contributed by atoms with Crippen LogP contribution >= 0.6 is 11.6 Å². The molecule has 0 radical (unpaired) electrons. The molecule has 7 heterocycles. The van der Waals surface area contributed by atoms with Crippen LogP contribution in [0.1, 0.15) is 0 Å². The van der Waals surface area contributed by atoms with Gasteiger partial charge in [-0.15, -0.1) is 0 Å². The van der Waals surface area contributed by atoms with Crippen LogP contribution in [0.15, 0.2) is 88.9 Å². The zero-order valence-corrected chi connectivity index (χ0v) is 28.5. The predicted molar refractivity (Wildman–Crippen MR) is 183 cm³/mol. The number of nitrogens with zero attached hydrogens (tertiary/aromatic N) is 7. The van der Waals surface area contributed by atoms with Gasteiger partial charge in [-0.05, 0) is 24.3 Å². The summed E-state index contributed by atoms with van der Waals surface area (Å²) in [5, 5.41) is 12.7. The summed E-state index contributed by atoms with van der Waals surface area (Å²) in [4.78, 5) is 24.3. The largest absolute Gasteiger partial charge is 0.534 e. The number of nitrogens with one attached hydrogen (secondary N) is 2. The number of methoxy groups -OCH3 is 2. The fourth-order valence-electron chi connectivity index (χ4n) is 4.87. The van der Waals surface area contributed by atoms with Gasteiger partial charge in [-0.25, -0.2) is 19.9 Å². The lowest BCUT2D eigenvalue weighted by molar-refractivity contribution is -0.0499. The molecule has 0 bridgehead atoms. The number of benzene rings is 1. The Morgan fingerprint density at radius 2 is 1.32 bits per heavy atom. The smallest absolute Gasteiger partial charge is 0.494 e. The Morgan fingerprint density at radius 3 is 1.92 bits per heavy atom. The summed E-state index contributed by atoms with van der Waals surface area (Å²) >= 11 is 6.25. The Kier molecular flexibility index (Phi) is 9.14. The van der Waals surface area contributed by atoms with Crippen molar-refractivity contribution in [2.45, 2.75) is 5.51 Å². The van der Waals surface area contributed by atoms with Crippen LogP contribution in [0.4, 0.5) is 24.5 Å². The van der Waals surface area contributed by atoms with Gasteiger partial charge in [0, 0.05) is 28.9 Å². The summed E-state index contributed by atoms with van der Waals surface area (Å²) in [6.45, 7) is 0. The number of furan rings is 2. The van der Waals surface area contributed by atoms with Crippen molar-refractivity contribution >= 4 is 65.9 Å². The molecule has 0 saturated carbocycles. The van der Waals surface area contributed by atoms with Gasteiger partial charge in [0.1, 0.15) is 0 Å². The molecule has 270 valence electrons. The van der Waals surface area contributed by atoms with Crippen molar-refractivity contribution in [2.24, 2.45) is 0 Å². The Balaban J connectivity index is 0.000000166. The molecule has 0 fully saturated rings. The second-order valence-electron chi connectivity index (χ2n) is 10.6. The molecule has 8 rings (SSSR count). The number of halogens is 4. The van der Waals surface area contributed by atoms with Crippen LogP contribution in [0.25, 0.3) is 56.0 Å². The first-order valence-corrected chi connectivity index (χ1v) is 16.6. The summed E-state index contributed by atoms with van der Waals surface area (Å²) in [5.74, 6) is 0.512. The zero-order chi connectivity index (χ0) is 37.3. The van der Waals surface area contributed by atoms with E-state index >= 15 is 0 Å². The van der Waals surface area contributed by atoms with Gasteiger partial charge in [-0.3, -0.25) is 15.1 Å². The molecular weight excluding hydrogens is 747 g/mol. The van der Waals surface area contributed by atoms with Crippen LogP contribution in [0.2, 0.25) is 5.02 Å². The standard InChI is InChI=1S/C19H13ClN6O2.C13H8F3N3O5S/c1-27-10-6-22-19(23-7-10)18-17(11-4-5-21-9-15(11)28-18)25-14-3-2-13(20)16-12(14)8-24-26-16;1-22-7-4-18-12(19-5-7)11-10(24-25(20,21)13(14,15)16)8-2-3-17-6-9(8)23-11/h2-9,25H,1H3,(H,24,26);2-6H,1H3. The lowest BCUT2D eigenvalue weighted by atomic mass is 10.2. The summed E-state index contributed by atoms with van der Waals surface area (Å²) in [5.41, 5.74) is -2.68. The third kappa shape index (κ3) is 6.79. The molecule has 0 saturated heterocycles. The molecule has 21 heteroatoms. The van der Waals surface area contributed by atoms with E-state index in [9.17, 15) is 21.6 Å². The summed E-state index contributed by atoms with van der Waals surface area (Å²) in [6.07, 6.45) is 13.2. The fourth-order valence-corrected chi connectivity index (χ4v) is 5.56. The van der Waals surface area contributed by atoms with Gasteiger partial charge in [-0.2, -0.15) is 26.7 Å². The maximum Gasteiger partial charge on any atom is 0.534 e. The first-order valence-electron chi connectivity index (χ1n) is 14.8. The second kappa shape index (κ2) is 13.9. The molecule has 7 aromatic heterocycles. The number of alkyl halides is 3. The Hall–Kier alpha value is -6.54. The van der Waals surface area contributed by atoms with Crippen molar-refractivity contribution in [2.75, 3.05) is 19.5 Å². The number of aromatic nitrogens is 8. The lowest BCUT2D eigenvalue weighted by Gasteiger charge is -2.09. The minimum absolute atomic E-state index is 0.00397. The van der Waals surface area contributed by atoms with E-state index in [1.165, 1.54) is 38.0 Å². The number of ether oxygens (including phenoxy) is 2. The SMILES string of the molecule is COc1cnc(-c2oc3cnccc3c2Nc2ccc(Cl)c3[nH]ncc23)nc1.COc1cnc(-c2oc3cnccc3c2OS(=O)(=O)C(F)(F)F)nc1. The molecule has 8 aromatic rings. The van der Waals surface area contributed by atoms with Gasteiger partial charge in [0.25, 0.3) is 0 Å². The predicted octanol–water partition coefficient (Wildman–Crippen LogP) is 7.09. The normalized spacial score (nSPS) is 11.7. The van der Waals surface area contributed by atoms with Crippen molar-refractivity contribution in [3.8, 4) is 40.4 Å². The highest BCUT2D eigenvalue weighted by Crippen LogP contribution is 2.42. The maximum absolute atomic E-state index is 12.7. The topological polar surface area (TPSA) is 206 Å². The van der Waals surface area contributed by atoms with Crippen molar-refractivity contribution in [1.29, 1.82) is 0 Å². The van der Waals surface area contributed by atoms with E-state index in [4.69, 9.17) is 29.9 Å². The minimum Gasteiger partial charge on any atom is -0.494 e. The molecule has 0 spiro atoms. The summed E-state index contributed by atoms with van der Waals surface area (Å²) in [7, 11) is -2.98. The van der Waals surface area contributed by atoms with Gasteiger partial charge in [0.05, 0.1) is 79.2 Å². The summed E-state index contributed by atoms with van der Waals surface area (Å²) < 4.78 is 86.4. The van der Waals surface area contributed by atoms with Crippen LogP contribution < -0.4 is 19.0 Å². The Bertz CT molecular complexity index is 2690. The molecule has 0 aliphatic rings. The zero-order valence-electron chi connectivity index (χ0n) is 26.9. The number of H-pyrrole nitrogens is 1. The van der Waals surface area contributed by atoms with Gasteiger partial charge in [0.2, 0.25) is 5.76 Å².